The van der Waals surface area contributed by atoms with Crippen LogP contribution in [-0.2, 0) is 6.54 Å². The molecule has 0 N–H and O–H groups in total. The van der Waals surface area contributed by atoms with Crippen molar-refractivity contribution in [2.75, 3.05) is 0 Å². The molecule has 0 aliphatic rings. The number of rotatable bonds is 2. The number of hydrogen-bond donors (Lipinski definition) is 0. The quantitative estimate of drug-likeness (QED) is 0.696. The van der Waals surface area contributed by atoms with Crippen LogP contribution in [0.25, 0.3) is 0 Å². The first-order valence-electron chi connectivity index (χ1n) is 3.00. The average molecular weight is 189 g/mol. The highest BCUT2D eigenvalue weighted by atomic mass is 79.9. The van der Waals surface area contributed by atoms with Gasteiger partial charge in [-0.2, -0.15) is 0 Å². The zero-order valence-corrected chi connectivity index (χ0v) is 6.93. The number of nitrogens with zero attached hydrogens (tertiary/aromatic N) is 2. The summed E-state index contributed by atoms with van der Waals surface area (Å²) < 4.78 is 2.97. The van der Waals surface area contributed by atoms with Crippen molar-refractivity contribution < 1.29 is 0 Å². The standard InChI is InChI=1S/C6H9BrN2/c1-2-3-9-4-6(7)8-5-9/h4-5H,2-3H2,1H3. The summed E-state index contributed by atoms with van der Waals surface area (Å²) in [4.78, 5) is 4.01. The van der Waals surface area contributed by atoms with Gasteiger partial charge < -0.3 is 4.57 Å². The molecular weight excluding hydrogens is 180 g/mol. The molecule has 0 aliphatic carbocycles. The molecule has 9 heavy (non-hydrogen) atoms. The maximum absolute atomic E-state index is 4.01. The van der Waals surface area contributed by atoms with Crippen LogP contribution < -0.4 is 0 Å². The number of halogens is 1. The first-order valence-corrected chi connectivity index (χ1v) is 3.79. The first-order chi connectivity index (χ1) is 4.33. The lowest BCUT2D eigenvalue weighted by Crippen LogP contribution is -1.90. The van der Waals surface area contributed by atoms with E-state index in [4.69, 9.17) is 0 Å². The number of hydrogen-bond acceptors (Lipinski definition) is 1. The molecule has 0 unspecified atom stereocenters. The van der Waals surface area contributed by atoms with E-state index in [1.165, 1.54) is 0 Å². The maximum Gasteiger partial charge on any atom is 0.124 e. The minimum atomic E-state index is 0.913. The van der Waals surface area contributed by atoms with Crippen LogP contribution >= 0.6 is 15.9 Å². The number of aryl methyl sites for hydroxylation is 1. The Morgan fingerprint density at radius 3 is 3.00 bits per heavy atom. The lowest BCUT2D eigenvalue weighted by atomic mass is 10.5. The number of imidazole rings is 1. The van der Waals surface area contributed by atoms with Crippen LogP contribution in [0, 0.1) is 0 Å². The smallest absolute Gasteiger partial charge is 0.124 e. The van der Waals surface area contributed by atoms with E-state index in [1.54, 1.807) is 0 Å². The summed E-state index contributed by atoms with van der Waals surface area (Å²) in [6.07, 6.45) is 4.96. The van der Waals surface area contributed by atoms with Crippen LogP contribution in [0.2, 0.25) is 0 Å². The molecule has 1 rings (SSSR count). The van der Waals surface area contributed by atoms with E-state index in [2.05, 4.69) is 32.4 Å². The van der Waals surface area contributed by atoms with Crippen LogP contribution in [0.1, 0.15) is 13.3 Å². The molecule has 3 heteroatoms. The van der Waals surface area contributed by atoms with Crippen molar-refractivity contribution in [3.05, 3.63) is 17.1 Å². The van der Waals surface area contributed by atoms with E-state index in [0.29, 0.717) is 0 Å². The maximum atomic E-state index is 4.01. The molecule has 0 bridgehead atoms. The van der Waals surface area contributed by atoms with Crippen LogP contribution in [0.5, 0.6) is 0 Å². The summed E-state index contributed by atoms with van der Waals surface area (Å²) in [5.74, 6) is 0. The second-order valence-electron chi connectivity index (χ2n) is 1.93. The highest BCUT2D eigenvalue weighted by Gasteiger charge is 1.90. The first kappa shape index (κ1) is 6.81. The second-order valence-corrected chi connectivity index (χ2v) is 2.75. The van der Waals surface area contributed by atoms with Crippen LogP contribution in [0.3, 0.4) is 0 Å². The van der Waals surface area contributed by atoms with Gasteiger partial charge in [0.05, 0.1) is 6.33 Å². The van der Waals surface area contributed by atoms with Gasteiger partial charge >= 0.3 is 0 Å². The van der Waals surface area contributed by atoms with Crippen molar-refractivity contribution in [2.45, 2.75) is 19.9 Å². The predicted molar refractivity (Wildman–Crippen MR) is 40.2 cm³/mol. The molecule has 0 spiro atoms. The molecule has 0 atom stereocenters. The van der Waals surface area contributed by atoms with E-state index < -0.39 is 0 Å². The van der Waals surface area contributed by atoms with Crippen LogP contribution in [0.15, 0.2) is 17.1 Å². The van der Waals surface area contributed by atoms with E-state index in [1.807, 2.05) is 12.5 Å². The van der Waals surface area contributed by atoms with Gasteiger partial charge in [-0.1, -0.05) is 6.92 Å². The van der Waals surface area contributed by atoms with Gasteiger partial charge in [-0.25, -0.2) is 4.98 Å². The molecule has 2 nitrogen and oxygen atoms in total. The number of aromatic nitrogens is 2. The lowest BCUT2D eigenvalue weighted by molar-refractivity contribution is 0.678. The fraction of sp³-hybridized carbons (Fsp3) is 0.500. The molecule has 1 aromatic heterocycles. The summed E-state index contributed by atoms with van der Waals surface area (Å²) in [6.45, 7) is 3.20. The van der Waals surface area contributed by atoms with Gasteiger partial charge in [-0.15, -0.1) is 0 Å². The van der Waals surface area contributed by atoms with Gasteiger partial charge in [-0.3, -0.25) is 0 Å². The molecule has 0 fully saturated rings. The van der Waals surface area contributed by atoms with Gasteiger partial charge in [0.25, 0.3) is 0 Å². The Labute approximate surface area is 63.0 Å². The normalized spacial score (nSPS) is 10.0. The van der Waals surface area contributed by atoms with E-state index in [0.717, 1.165) is 17.6 Å². The molecule has 50 valence electrons. The van der Waals surface area contributed by atoms with Gasteiger partial charge in [0.2, 0.25) is 0 Å². The Morgan fingerprint density at radius 2 is 2.56 bits per heavy atom. The van der Waals surface area contributed by atoms with Crippen LogP contribution in [0.4, 0.5) is 0 Å². The predicted octanol–water partition coefficient (Wildman–Crippen LogP) is 2.06. The van der Waals surface area contributed by atoms with Crippen molar-refractivity contribution in [2.24, 2.45) is 0 Å². The van der Waals surface area contributed by atoms with Gasteiger partial charge in [0, 0.05) is 12.7 Å². The summed E-state index contributed by atoms with van der Waals surface area (Å²) in [5.41, 5.74) is 0. The molecule has 1 aromatic rings. The molecule has 0 radical (unpaired) electrons. The van der Waals surface area contributed by atoms with Crippen molar-refractivity contribution in [3.8, 4) is 0 Å². The highest BCUT2D eigenvalue weighted by molar-refractivity contribution is 9.10. The van der Waals surface area contributed by atoms with Gasteiger partial charge in [0.1, 0.15) is 4.60 Å². The van der Waals surface area contributed by atoms with Crippen molar-refractivity contribution >= 4 is 15.9 Å². The molecule has 0 aromatic carbocycles. The minimum absolute atomic E-state index is 0.913. The highest BCUT2D eigenvalue weighted by Crippen LogP contribution is 2.04. The zero-order chi connectivity index (χ0) is 6.69. The fourth-order valence-electron chi connectivity index (χ4n) is 0.713. The van der Waals surface area contributed by atoms with E-state index >= 15 is 0 Å². The monoisotopic (exact) mass is 188 g/mol. The molecule has 0 amide bonds. The van der Waals surface area contributed by atoms with Crippen LogP contribution in [-0.4, -0.2) is 9.55 Å². The summed E-state index contributed by atoms with van der Waals surface area (Å²) in [5, 5.41) is 0. The Hall–Kier alpha value is -0.310. The van der Waals surface area contributed by atoms with Crippen molar-refractivity contribution in [3.63, 3.8) is 0 Å². The van der Waals surface area contributed by atoms with Gasteiger partial charge in [-0.05, 0) is 22.4 Å². The van der Waals surface area contributed by atoms with Crippen molar-refractivity contribution in [1.82, 2.24) is 9.55 Å². The third kappa shape index (κ3) is 1.82. The lowest BCUT2D eigenvalue weighted by Gasteiger charge is -1.93. The average Bonchev–Trinajstić information content (AvgIpc) is 2.17. The Bertz CT molecular complexity index is 183. The molecule has 0 saturated heterocycles. The summed E-state index contributed by atoms with van der Waals surface area (Å²) in [7, 11) is 0. The molecular formula is C6H9BrN2. The third-order valence-electron chi connectivity index (χ3n) is 1.08. The summed E-state index contributed by atoms with van der Waals surface area (Å²) >= 11 is 3.27. The Kier molecular flexibility index (Phi) is 2.28. The Morgan fingerprint density at radius 1 is 1.78 bits per heavy atom. The van der Waals surface area contributed by atoms with Gasteiger partial charge in [0.15, 0.2) is 0 Å². The Balaban J connectivity index is 2.61. The van der Waals surface area contributed by atoms with E-state index in [9.17, 15) is 0 Å². The SMILES string of the molecule is CCCn1cnc(Br)c1. The molecule has 1 heterocycles. The zero-order valence-electron chi connectivity index (χ0n) is 5.34. The van der Waals surface area contributed by atoms with E-state index in [-0.39, 0.29) is 0 Å². The topological polar surface area (TPSA) is 17.8 Å². The summed E-state index contributed by atoms with van der Waals surface area (Å²) in [6, 6.07) is 0. The molecule has 0 aliphatic heterocycles. The minimum Gasteiger partial charge on any atom is -0.336 e. The second kappa shape index (κ2) is 3.01. The largest absolute Gasteiger partial charge is 0.336 e. The molecule has 0 saturated carbocycles. The van der Waals surface area contributed by atoms with Crippen molar-refractivity contribution in [1.29, 1.82) is 0 Å². The fourth-order valence-corrected chi connectivity index (χ4v) is 1.07. The third-order valence-corrected chi connectivity index (χ3v) is 1.49.